The number of rotatable bonds is 1. The second kappa shape index (κ2) is 4.61. The molecule has 1 amide bonds. The Bertz CT molecular complexity index is 382. The highest BCUT2D eigenvalue weighted by Crippen LogP contribution is 2.29. The number of nitrogens with one attached hydrogen (secondary N) is 1. The number of hydrogen-bond acceptors (Lipinski definition) is 2. The first kappa shape index (κ1) is 12.0. The molecule has 0 spiro atoms. The van der Waals surface area contributed by atoms with Crippen molar-refractivity contribution >= 4 is 17.5 Å². The second-order valence-electron chi connectivity index (χ2n) is 3.35. The summed E-state index contributed by atoms with van der Waals surface area (Å²) in [7, 11) is 0. The second-order valence-corrected chi connectivity index (χ2v) is 3.76. The summed E-state index contributed by atoms with van der Waals surface area (Å²) in [6.45, 7) is 0.765. The fraction of sp³-hybridized carbons (Fsp3) is 0.300. The van der Waals surface area contributed by atoms with Crippen molar-refractivity contribution in [1.29, 1.82) is 0 Å². The first-order chi connectivity index (χ1) is 6.70. The third-order valence-electron chi connectivity index (χ3n) is 2.46. The normalized spacial score (nSPS) is 18.9. The van der Waals surface area contributed by atoms with Crippen molar-refractivity contribution in [2.24, 2.45) is 5.73 Å². The van der Waals surface area contributed by atoms with Gasteiger partial charge in [0.15, 0.2) is 0 Å². The Morgan fingerprint density at radius 3 is 2.93 bits per heavy atom. The molecule has 5 N–H and O–H groups in total. The van der Waals surface area contributed by atoms with E-state index in [2.05, 4.69) is 5.32 Å². The van der Waals surface area contributed by atoms with E-state index in [1.807, 2.05) is 12.1 Å². The fourth-order valence-electron chi connectivity index (χ4n) is 1.82. The van der Waals surface area contributed by atoms with Crippen LogP contribution in [0.4, 0.5) is 0 Å². The van der Waals surface area contributed by atoms with Gasteiger partial charge in [-0.2, -0.15) is 0 Å². The van der Waals surface area contributed by atoms with Crippen molar-refractivity contribution in [3.8, 4) is 0 Å². The van der Waals surface area contributed by atoms with Crippen LogP contribution in [0.5, 0.6) is 0 Å². The first-order valence-electron chi connectivity index (χ1n) is 4.50. The van der Waals surface area contributed by atoms with Crippen LogP contribution in [0, 0.1) is 0 Å². The van der Waals surface area contributed by atoms with E-state index in [-0.39, 0.29) is 11.4 Å². The average molecular weight is 229 g/mol. The third-order valence-corrected chi connectivity index (χ3v) is 2.79. The molecule has 0 fully saturated rings. The predicted molar refractivity (Wildman–Crippen MR) is 58.7 cm³/mol. The number of benzene rings is 1. The Labute approximate surface area is 92.7 Å². The van der Waals surface area contributed by atoms with E-state index in [4.69, 9.17) is 17.3 Å². The summed E-state index contributed by atoms with van der Waals surface area (Å²) in [6.07, 6.45) is 0.889. The summed E-state index contributed by atoms with van der Waals surface area (Å²) in [5, 5.41) is 3.67. The fourth-order valence-corrected chi connectivity index (χ4v) is 2.12. The molecule has 4 nitrogen and oxygen atoms in total. The lowest BCUT2D eigenvalue weighted by molar-refractivity contribution is -0.120. The quantitative estimate of drug-likeness (QED) is 0.719. The molecule has 1 aromatic rings. The van der Waals surface area contributed by atoms with E-state index < -0.39 is 6.04 Å². The van der Waals surface area contributed by atoms with E-state index in [0.717, 1.165) is 24.1 Å². The molecule has 1 aliphatic rings. The van der Waals surface area contributed by atoms with Gasteiger partial charge in [-0.1, -0.05) is 23.7 Å². The van der Waals surface area contributed by atoms with Gasteiger partial charge in [0.1, 0.15) is 6.04 Å². The number of halogens is 1. The molecule has 1 aromatic carbocycles. The zero-order valence-electron chi connectivity index (χ0n) is 8.09. The molecule has 1 unspecified atom stereocenters. The maximum absolute atomic E-state index is 11.2. The number of carbonyl (C=O) groups excluding carboxylic acids is 1. The lowest BCUT2D eigenvalue weighted by Crippen LogP contribution is -2.38. The molecule has 0 saturated heterocycles. The molecule has 0 aromatic heterocycles. The monoisotopic (exact) mass is 228 g/mol. The van der Waals surface area contributed by atoms with Crippen LogP contribution >= 0.6 is 11.6 Å². The summed E-state index contributed by atoms with van der Waals surface area (Å²) < 4.78 is 0. The van der Waals surface area contributed by atoms with Crippen LogP contribution < -0.4 is 11.1 Å². The minimum atomic E-state index is -0.438. The Hall–Kier alpha value is -1.10. The van der Waals surface area contributed by atoms with Gasteiger partial charge < -0.3 is 16.5 Å². The van der Waals surface area contributed by atoms with Gasteiger partial charge in [-0.3, -0.25) is 4.79 Å². The predicted octanol–water partition coefficient (Wildman–Crippen LogP) is 0.187. The van der Waals surface area contributed by atoms with Crippen molar-refractivity contribution < 1.29 is 10.3 Å². The van der Waals surface area contributed by atoms with Crippen LogP contribution in [0.15, 0.2) is 18.2 Å². The Morgan fingerprint density at radius 2 is 2.27 bits per heavy atom. The number of carbonyl (C=O) groups is 1. The molecule has 0 aliphatic carbocycles. The highest BCUT2D eigenvalue weighted by Gasteiger charge is 2.25. The molecule has 0 saturated carbocycles. The number of primary amides is 1. The van der Waals surface area contributed by atoms with Crippen molar-refractivity contribution in [1.82, 2.24) is 5.32 Å². The van der Waals surface area contributed by atoms with Gasteiger partial charge in [-0.25, -0.2) is 0 Å². The zero-order valence-corrected chi connectivity index (χ0v) is 8.84. The molecular formula is C10H13ClN2O2. The van der Waals surface area contributed by atoms with Gasteiger partial charge in [0.2, 0.25) is 5.91 Å². The molecule has 0 bridgehead atoms. The summed E-state index contributed by atoms with van der Waals surface area (Å²) in [5.74, 6) is -0.376. The molecule has 1 atom stereocenters. The molecule has 2 rings (SSSR count). The van der Waals surface area contributed by atoms with Gasteiger partial charge in [0, 0.05) is 17.1 Å². The Morgan fingerprint density at radius 1 is 1.53 bits per heavy atom. The van der Waals surface area contributed by atoms with Crippen LogP contribution in [-0.2, 0) is 11.2 Å². The molecule has 0 radical (unpaired) electrons. The molecular weight excluding hydrogens is 216 g/mol. The minimum Gasteiger partial charge on any atom is -0.412 e. The number of hydrogen-bond donors (Lipinski definition) is 2. The summed E-state index contributed by atoms with van der Waals surface area (Å²) in [5.41, 5.74) is 7.24. The van der Waals surface area contributed by atoms with Crippen LogP contribution in [0.3, 0.4) is 0 Å². The van der Waals surface area contributed by atoms with Crippen LogP contribution in [0.1, 0.15) is 17.2 Å². The highest BCUT2D eigenvalue weighted by atomic mass is 35.5. The topological polar surface area (TPSA) is 86.6 Å². The highest BCUT2D eigenvalue weighted by molar-refractivity contribution is 6.31. The van der Waals surface area contributed by atoms with Gasteiger partial charge in [0.25, 0.3) is 0 Å². The van der Waals surface area contributed by atoms with Crippen LogP contribution in [0.25, 0.3) is 0 Å². The summed E-state index contributed by atoms with van der Waals surface area (Å²) in [6, 6.07) is 5.22. The zero-order chi connectivity index (χ0) is 10.1. The lowest BCUT2D eigenvalue weighted by atomic mass is 9.94. The van der Waals surface area contributed by atoms with E-state index in [9.17, 15) is 4.79 Å². The van der Waals surface area contributed by atoms with Crippen LogP contribution in [-0.4, -0.2) is 17.9 Å². The third kappa shape index (κ3) is 2.12. The Kier molecular flexibility index (Phi) is 3.68. The minimum absolute atomic E-state index is 0. The average Bonchev–Trinajstić information content (AvgIpc) is 2.17. The van der Waals surface area contributed by atoms with Crippen molar-refractivity contribution in [3.63, 3.8) is 0 Å². The van der Waals surface area contributed by atoms with Crippen molar-refractivity contribution in [2.45, 2.75) is 12.5 Å². The number of amides is 1. The van der Waals surface area contributed by atoms with Gasteiger partial charge >= 0.3 is 0 Å². The van der Waals surface area contributed by atoms with E-state index in [0.29, 0.717) is 5.02 Å². The molecule has 15 heavy (non-hydrogen) atoms. The standard InChI is InChI=1S/C10H11ClN2O.H2O/c11-7-3-1-2-6-4-5-13-9(8(6)7)10(12)14;/h1-3,9,13H,4-5H2,(H2,12,14);1H2. The van der Waals surface area contributed by atoms with Gasteiger partial charge in [-0.05, 0) is 18.1 Å². The lowest BCUT2D eigenvalue weighted by Gasteiger charge is -2.25. The van der Waals surface area contributed by atoms with Crippen LogP contribution in [0.2, 0.25) is 5.02 Å². The van der Waals surface area contributed by atoms with Gasteiger partial charge in [0.05, 0.1) is 0 Å². The van der Waals surface area contributed by atoms with Crippen molar-refractivity contribution in [3.05, 3.63) is 34.3 Å². The molecule has 5 heteroatoms. The SMILES string of the molecule is NC(=O)C1NCCc2cccc(Cl)c21.O. The van der Waals surface area contributed by atoms with Gasteiger partial charge in [-0.15, -0.1) is 0 Å². The van der Waals surface area contributed by atoms with E-state index >= 15 is 0 Å². The maximum Gasteiger partial charge on any atom is 0.239 e. The molecule has 1 heterocycles. The summed E-state index contributed by atoms with van der Waals surface area (Å²) in [4.78, 5) is 11.2. The Balaban J connectivity index is 0.00000112. The van der Waals surface area contributed by atoms with E-state index in [1.165, 1.54) is 0 Å². The smallest absolute Gasteiger partial charge is 0.239 e. The maximum atomic E-state index is 11.2. The number of nitrogens with two attached hydrogens (primary N) is 1. The van der Waals surface area contributed by atoms with E-state index in [1.54, 1.807) is 6.07 Å². The number of fused-ring (bicyclic) bond motifs is 1. The first-order valence-corrected chi connectivity index (χ1v) is 4.88. The molecule has 1 aliphatic heterocycles. The largest absolute Gasteiger partial charge is 0.412 e. The van der Waals surface area contributed by atoms with Crippen molar-refractivity contribution in [2.75, 3.05) is 6.54 Å². The summed E-state index contributed by atoms with van der Waals surface area (Å²) >= 11 is 6.03. The molecule has 82 valence electrons.